The van der Waals surface area contributed by atoms with Crippen molar-refractivity contribution in [1.29, 1.82) is 0 Å². The van der Waals surface area contributed by atoms with E-state index in [4.69, 9.17) is 28.2 Å². The Morgan fingerprint density at radius 1 is 1.08 bits per heavy atom. The number of halogens is 2. The van der Waals surface area contributed by atoms with E-state index >= 15 is 0 Å². The molecule has 1 atom stereocenters. The van der Waals surface area contributed by atoms with Crippen molar-refractivity contribution in [1.82, 2.24) is 10.2 Å². The molecule has 0 fully saturated rings. The van der Waals surface area contributed by atoms with Crippen LogP contribution in [0, 0.1) is 5.41 Å². The molecule has 0 aromatic heterocycles. The number of hydrogen-bond donors (Lipinski definition) is 1. The van der Waals surface area contributed by atoms with Gasteiger partial charge in [-0.05, 0) is 68.0 Å². The summed E-state index contributed by atoms with van der Waals surface area (Å²) in [5, 5.41) is 3.63. The highest BCUT2D eigenvalue weighted by Gasteiger charge is 2.41. The summed E-state index contributed by atoms with van der Waals surface area (Å²) in [6.45, 7) is 11.1. The Hall–Kier alpha value is -2.90. The van der Waals surface area contributed by atoms with Crippen LogP contribution in [0.2, 0.25) is 10.0 Å². The summed E-state index contributed by atoms with van der Waals surface area (Å²) in [6.07, 6.45) is 1.92. The zero-order chi connectivity index (χ0) is 29.0. The van der Waals surface area contributed by atoms with Crippen LogP contribution in [0.1, 0.15) is 81.3 Å². The van der Waals surface area contributed by atoms with Gasteiger partial charge in [-0.3, -0.25) is 19.4 Å². The Bertz CT molecular complexity index is 1230. The first-order valence-corrected chi connectivity index (χ1v) is 13.8. The standard InChI is InChI=1S/C30H37Cl2N3O4/c1-29(2,3)13-11-21(19-7-9-20(10-8-19)27(37)33-14-12-25(36)39-6)18-35-28(38)26(34-30(35,4)5)22-15-23(31)17-24(32)16-22/h7-10,15-17,21H,11-14,18H2,1-6H3,(H,33,37). The first kappa shape index (κ1) is 30.6. The molecule has 2 amide bonds. The molecule has 7 nitrogen and oxygen atoms in total. The lowest BCUT2D eigenvalue weighted by molar-refractivity contribution is -0.140. The van der Waals surface area contributed by atoms with Gasteiger partial charge < -0.3 is 15.0 Å². The van der Waals surface area contributed by atoms with Crippen molar-refractivity contribution in [3.8, 4) is 0 Å². The third-order valence-electron chi connectivity index (χ3n) is 6.76. The van der Waals surface area contributed by atoms with Crippen LogP contribution >= 0.6 is 23.2 Å². The van der Waals surface area contributed by atoms with E-state index in [1.54, 1.807) is 35.2 Å². The largest absolute Gasteiger partial charge is 0.469 e. The average molecular weight is 575 g/mol. The van der Waals surface area contributed by atoms with E-state index in [-0.39, 0.29) is 42.1 Å². The van der Waals surface area contributed by atoms with E-state index < -0.39 is 5.66 Å². The molecule has 210 valence electrons. The van der Waals surface area contributed by atoms with Gasteiger partial charge in [0, 0.05) is 40.2 Å². The molecule has 0 bridgehead atoms. The van der Waals surface area contributed by atoms with Gasteiger partial charge in [-0.25, -0.2) is 0 Å². The van der Waals surface area contributed by atoms with Gasteiger partial charge in [-0.15, -0.1) is 0 Å². The predicted octanol–water partition coefficient (Wildman–Crippen LogP) is 6.26. The maximum Gasteiger partial charge on any atom is 0.307 e. The zero-order valence-electron chi connectivity index (χ0n) is 23.4. The molecule has 0 aliphatic carbocycles. The molecule has 1 aliphatic heterocycles. The number of esters is 1. The highest BCUT2D eigenvalue weighted by Crippen LogP contribution is 2.35. The third kappa shape index (κ3) is 8.29. The van der Waals surface area contributed by atoms with Gasteiger partial charge in [-0.2, -0.15) is 0 Å². The van der Waals surface area contributed by atoms with E-state index in [1.807, 2.05) is 26.0 Å². The lowest BCUT2D eigenvalue weighted by Crippen LogP contribution is -2.45. The minimum absolute atomic E-state index is 0.0291. The van der Waals surface area contributed by atoms with Gasteiger partial charge >= 0.3 is 5.97 Å². The Morgan fingerprint density at radius 2 is 1.69 bits per heavy atom. The number of hydrogen-bond acceptors (Lipinski definition) is 5. The molecule has 3 rings (SSSR count). The number of carbonyl (C=O) groups is 3. The molecule has 1 heterocycles. The topological polar surface area (TPSA) is 88.1 Å². The first-order valence-electron chi connectivity index (χ1n) is 13.0. The van der Waals surface area contributed by atoms with Crippen molar-refractivity contribution < 1.29 is 19.1 Å². The van der Waals surface area contributed by atoms with Crippen molar-refractivity contribution in [2.24, 2.45) is 10.4 Å². The number of rotatable bonds is 10. The number of nitrogens with zero attached hydrogens (tertiary/aromatic N) is 2. The lowest BCUT2D eigenvalue weighted by Gasteiger charge is -2.34. The fourth-order valence-corrected chi connectivity index (χ4v) is 5.05. The minimum Gasteiger partial charge on any atom is -0.469 e. The summed E-state index contributed by atoms with van der Waals surface area (Å²) in [4.78, 5) is 44.0. The maximum absolute atomic E-state index is 13.6. The highest BCUT2D eigenvalue weighted by molar-refractivity contribution is 6.47. The Morgan fingerprint density at radius 3 is 2.26 bits per heavy atom. The van der Waals surface area contributed by atoms with Gasteiger partial charge in [0.1, 0.15) is 11.4 Å². The quantitative estimate of drug-likeness (QED) is 0.339. The molecule has 0 radical (unpaired) electrons. The van der Waals surface area contributed by atoms with Crippen molar-refractivity contribution >= 4 is 46.7 Å². The number of nitrogens with one attached hydrogen (secondary N) is 1. The number of carbonyl (C=O) groups excluding carboxylic acids is 3. The van der Waals surface area contributed by atoms with Crippen molar-refractivity contribution in [3.05, 3.63) is 69.2 Å². The highest BCUT2D eigenvalue weighted by atomic mass is 35.5. The summed E-state index contributed by atoms with van der Waals surface area (Å²) in [6, 6.07) is 12.5. The SMILES string of the molecule is COC(=O)CCNC(=O)c1ccc(C(CCC(C)(C)C)CN2C(=O)C(c3cc(Cl)cc(Cl)c3)=NC2(C)C)cc1. The zero-order valence-corrected chi connectivity index (χ0v) is 24.9. The molecule has 1 aliphatic rings. The normalized spacial score (nSPS) is 15.6. The van der Waals surface area contributed by atoms with Crippen LogP contribution in [0.4, 0.5) is 0 Å². The number of amides is 2. The molecule has 1 unspecified atom stereocenters. The lowest BCUT2D eigenvalue weighted by atomic mass is 9.83. The molecule has 0 spiro atoms. The molecule has 2 aromatic carbocycles. The molecule has 39 heavy (non-hydrogen) atoms. The molecular weight excluding hydrogens is 537 g/mol. The fraction of sp³-hybridized carbons (Fsp3) is 0.467. The maximum atomic E-state index is 13.6. The second-order valence-corrected chi connectivity index (χ2v) is 12.4. The van der Waals surface area contributed by atoms with Crippen molar-refractivity contribution in [2.75, 3.05) is 20.2 Å². The average Bonchev–Trinajstić information content (AvgIpc) is 3.08. The monoisotopic (exact) mass is 573 g/mol. The summed E-state index contributed by atoms with van der Waals surface area (Å²) in [5.74, 6) is -0.773. The smallest absolute Gasteiger partial charge is 0.307 e. The number of methoxy groups -OCH3 is 1. The Balaban J connectivity index is 1.81. The van der Waals surface area contributed by atoms with E-state index in [1.165, 1.54) is 7.11 Å². The number of benzene rings is 2. The first-order chi connectivity index (χ1) is 18.2. The molecule has 0 saturated heterocycles. The second-order valence-electron chi connectivity index (χ2n) is 11.5. The van der Waals surface area contributed by atoms with Crippen LogP contribution in [-0.2, 0) is 14.3 Å². The predicted molar refractivity (Wildman–Crippen MR) is 156 cm³/mol. The van der Waals surface area contributed by atoms with Gasteiger partial charge in [0.15, 0.2) is 0 Å². The van der Waals surface area contributed by atoms with Crippen molar-refractivity contribution in [3.63, 3.8) is 0 Å². The Kier molecular flexibility index (Phi) is 9.83. The van der Waals surface area contributed by atoms with Crippen LogP contribution in [0.5, 0.6) is 0 Å². The summed E-state index contributed by atoms with van der Waals surface area (Å²) < 4.78 is 4.61. The van der Waals surface area contributed by atoms with Gasteiger partial charge in [0.05, 0.1) is 13.5 Å². The van der Waals surface area contributed by atoms with Gasteiger partial charge in [0.25, 0.3) is 11.8 Å². The van der Waals surface area contributed by atoms with E-state index in [2.05, 4.69) is 30.8 Å². The molecule has 1 N–H and O–H groups in total. The number of ether oxygens (including phenoxy) is 1. The fourth-order valence-electron chi connectivity index (χ4n) is 4.52. The summed E-state index contributed by atoms with van der Waals surface area (Å²) in [7, 11) is 1.32. The minimum atomic E-state index is -0.749. The Labute approximate surface area is 240 Å². The number of aliphatic imine (C=N–C) groups is 1. The van der Waals surface area contributed by atoms with Crippen LogP contribution < -0.4 is 5.32 Å². The van der Waals surface area contributed by atoms with Gasteiger partial charge in [-0.1, -0.05) is 56.1 Å². The van der Waals surface area contributed by atoms with E-state index in [0.717, 1.165) is 18.4 Å². The van der Waals surface area contributed by atoms with Crippen molar-refractivity contribution in [2.45, 2.75) is 65.5 Å². The van der Waals surface area contributed by atoms with Gasteiger partial charge in [0.2, 0.25) is 0 Å². The van der Waals surface area contributed by atoms with Crippen LogP contribution in [0.25, 0.3) is 0 Å². The third-order valence-corrected chi connectivity index (χ3v) is 7.20. The van der Waals surface area contributed by atoms with E-state index in [0.29, 0.717) is 33.4 Å². The molecule has 0 saturated carbocycles. The molecular formula is C30H37Cl2N3O4. The van der Waals surface area contributed by atoms with E-state index in [9.17, 15) is 14.4 Å². The van der Waals surface area contributed by atoms with Crippen LogP contribution in [0.3, 0.4) is 0 Å². The van der Waals surface area contributed by atoms with Crippen LogP contribution in [0.15, 0.2) is 47.5 Å². The summed E-state index contributed by atoms with van der Waals surface area (Å²) >= 11 is 12.4. The molecule has 2 aromatic rings. The molecule has 9 heteroatoms. The van der Waals surface area contributed by atoms with Crippen LogP contribution in [-0.4, -0.2) is 54.3 Å². The summed E-state index contributed by atoms with van der Waals surface area (Å²) in [5.41, 5.74) is 1.84. The second kappa shape index (κ2) is 12.5.